The predicted octanol–water partition coefficient (Wildman–Crippen LogP) is 5.51. The van der Waals surface area contributed by atoms with Crippen LogP contribution in [0.25, 0.3) is 0 Å². The van der Waals surface area contributed by atoms with Gasteiger partial charge in [0, 0.05) is 14.8 Å². The molecule has 0 aliphatic rings. The van der Waals surface area contributed by atoms with Crippen LogP contribution < -0.4 is 18.9 Å². The van der Waals surface area contributed by atoms with Crippen molar-refractivity contribution in [3.63, 3.8) is 0 Å². The van der Waals surface area contributed by atoms with Gasteiger partial charge in [-0.25, -0.2) is 0 Å². The minimum absolute atomic E-state index is 0. The first-order chi connectivity index (χ1) is 18.3. The van der Waals surface area contributed by atoms with Gasteiger partial charge in [0.05, 0.1) is 39.9 Å². The Morgan fingerprint density at radius 2 is 1.50 bits per heavy atom. The lowest BCUT2D eigenvalue weighted by atomic mass is 9.69. The molecule has 188 valence electrons. The van der Waals surface area contributed by atoms with E-state index in [1.165, 1.54) is 20.3 Å². The first kappa shape index (κ1) is 20.7. The summed E-state index contributed by atoms with van der Waals surface area (Å²) in [7, 11) is 7.97. The number of rotatable bonds is 13. The van der Waals surface area contributed by atoms with Gasteiger partial charge < -0.3 is 23.8 Å². The average Bonchev–Trinajstić information content (AvgIpc) is 2.88. The molecule has 0 fully saturated rings. The van der Waals surface area contributed by atoms with Crippen molar-refractivity contribution in [1.82, 2.24) is 4.90 Å². The van der Waals surface area contributed by atoms with Crippen LogP contribution in [0.2, 0.25) is 0 Å². The van der Waals surface area contributed by atoms with Crippen molar-refractivity contribution >= 4 is 12.4 Å². The van der Waals surface area contributed by atoms with Gasteiger partial charge in [-0.15, -0.1) is 12.4 Å². The molecule has 0 aliphatic carbocycles. The minimum atomic E-state index is -2.91. The number of nitriles is 1. The zero-order chi connectivity index (χ0) is 29.4. The standard InChI is InChI=1S/C27H38N2O4.ClH/c1-20(2)27(19-28,22-10-12-24(31-5)26(18-22)33-7)14-8-15-29(3)16-13-21-9-11-23(30-4)25(17-21)32-6;/h9-12,17-18,20H,8,13-16H2,1-7H3;1H/i1D3,2D3;. The second-order valence-electron chi connectivity index (χ2n) is 7.93. The molecule has 34 heavy (non-hydrogen) atoms. The van der Waals surface area contributed by atoms with E-state index in [0.29, 0.717) is 36.8 Å². The van der Waals surface area contributed by atoms with E-state index in [2.05, 4.69) is 11.0 Å². The van der Waals surface area contributed by atoms with E-state index in [1.54, 1.807) is 26.4 Å². The molecule has 0 heterocycles. The molecule has 0 radical (unpaired) electrons. The van der Waals surface area contributed by atoms with Gasteiger partial charge >= 0.3 is 0 Å². The van der Waals surface area contributed by atoms with Gasteiger partial charge in [-0.3, -0.25) is 0 Å². The van der Waals surface area contributed by atoms with E-state index >= 15 is 0 Å². The number of likely N-dealkylation sites (N-methyl/N-ethyl adjacent to an activating group) is 1. The van der Waals surface area contributed by atoms with Crippen molar-refractivity contribution in [3.05, 3.63) is 47.5 Å². The van der Waals surface area contributed by atoms with E-state index in [-0.39, 0.29) is 30.1 Å². The van der Waals surface area contributed by atoms with Crippen LogP contribution in [0.5, 0.6) is 23.0 Å². The lowest BCUT2D eigenvalue weighted by molar-refractivity contribution is 0.292. The Morgan fingerprint density at radius 1 is 0.912 bits per heavy atom. The first-order valence-electron chi connectivity index (χ1n) is 13.8. The maximum absolute atomic E-state index is 10.5. The molecule has 0 aliphatic heterocycles. The fraction of sp³-hybridized carbons (Fsp3) is 0.519. The summed E-state index contributed by atoms with van der Waals surface area (Å²) in [6, 6.07) is 12.5. The highest BCUT2D eigenvalue weighted by Crippen LogP contribution is 2.40. The molecular formula is C27H39ClN2O4. The average molecular weight is 497 g/mol. The van der Waals surface area contributed by atoms with Crippen LogP contribution in [0.1, 0.15) is 45.9 Å². The van der Waals surface area contributed by atoms with Gasteiger partial charge in [-0.1, -0.05) is 25.8 Å². The van der Waals surface area contributed by atoms with Crippen LogP contribution in [0, 0.1) is 17.2 Å². The van der Waals surface area contributed by atoms with Crippen LogP contribution in [-0.2, 0) is 11.8 Å². The van der Waals surface area contributed by atoms with Crippen molar-refractivity contribution in [2.75, 3.05) is 48.6 Å². The predicted molar refractivity (Wildman–Crippen MR) is 139 cm³/mol. The normalized spacial score (nSPS) is 15.8. The van der Waals surface area contributed by atoms with E-state index < -0.39 is 25.0 Å². The van der Waals surface area contributed by atoms with Crippen LogP contribution in [0.4, 0.5) is 0 Å². The molecule has 0 aromatic heterocycles. The molecule has 2 aromatic rings. The van der Waals surface area contributed by atoms with Crippen molar-refractivity contribution < 1.29 is 27.2 Å². The van der Waals surface area contributed by atoms with Crippen molar-refractivity contribution in [3.8, 4) is 29.1 Å². The van der Waals surface area contributed by atoms with Gasteiger partial charge in [0.25, 0.3) is 0 Å². The van der Waals surface area contributed by atoms with Crippen LogP contribution >= 0.6 is 12.4 Å². The molecule has 0 saturated heterocycles. The Morgan fingerprint density at radius 3 is 2.06 bits per heavy atom. The third-order valence-electron chi connectivity index (χ3n) is 5.93. The number of nitrogens with zero attached hydrogens (tertiary/aromatic N) is 2. The minimum Gasteiger partial charge on any atom is -0.493 e. The molecule has 0 amide bonds. The third kappa shape index (κ3) is 6.94. The first-order valence-corrected chi connectivity index (χ1v) is 10.8. The molecule has 2 rings (SSSR count). The summed E-state index contributed by atoms with van der Waals surface area (Å²) in [5.74, 6) is 0.0684. The van der Waals surface area contributed by atoms with Gasteiger partial charge in [-0.05, 0) is 74.2 Å². The summed E-state index contributed by atoms with van der Waals surface area (Å²) in [6.45, 7) is -4.60. The summed E-state index contributed by atoms with van der Waals surface area (Å²) in [5, 5.41) is 10.5. The molecule has 0 spiro atoms. The smallest absolute Gasteiger partial charge is 0.161 e. The summed E-state index contributed by atoms with van der Waals surface area (Å²) in [5.41, 5.74) is -0.491. The van der Waals surface area contributed by atoms with Crippen LogP contribution in [0.15, 0.2) is 36.4 Å². The summed E-state index contributed by atoms with van der Waals surface area (Å²) >= 11 is 0. The third-order valence-corrected chi connectivity index (χ3v) is 5.93. The highest BCUT2D eigenvalue weighted by atomic mass is 35.5. The Kier molecular flexibility index (Phi) is 8.50. The molecule has 0 bridgehead atoms. The van der Waals surface area contributed by atoms with Gasteiger partial charge in [0.15, 0.2) is 23.0 Å². The second-order valence-corrected chi connectivity index (χ2v) is 7.93. The van der Waals surface area contributed by atoms with E-state index in [0.717, 1.165) is 12.0 Å². The fourth-order valence-corrected chi connectivity index (χ4v) is 3.85. The Labute approximate surface area is 219 Å². The molecule has 2 aromatic carbocycles. The van der Waals surface area contributed by atoms with Crippen molar-refractivity contribution in [2.45, 2.75) is 38.4 Å². The molecule has 0 N–H and O–H groups in total. The monoisotopic (exact) mass is 496 g/mol. The zero-order valence-corrected chi connectivity index (χ0v) is 21.3. The number of hydrogen-bond acceptors (Lipinski definition) is 6. The molecular weight excluding hydrogens is 452 g/mol. The highest BCUT2D eigenvalue weighted by Gasteiger charge is 2.36. The van der Waals surface area contributed by atoms with Gasteiger partial charge in [0.1, 0.15) is 0 Å². The largest absolute Gasteiger partial charge is 0.493 e. The molecule has 1 atom stereocenters. The number of ether oxygens (including phenoxy) is 4. The van der Waals surface area contributed by atoms with Crippen LogP contribution in [-0.4, -0.2) is 53.5 Å². The molecule has 0 saturated carbocycles. The fourth-order valence-electron chi connectivity index (χ4n) is 3.85. The highest BCUT2D eigenvalue weighted by molar-refractivity contribution is 5.85. The number of halogens is 1. The maximum atomic E-state index is 10.5. The number of benzene rings is 2. The second kappa shape index (κ2) is 13.9. The molecule has 1 unspecified atom stereocenters. The van der Waals surface area contributed by atoms with Crippen LogP contribution in [0.3, 0.4) is 0 Å². The summed E-state index contributed by atoms with van der Waals surface area (Å²) in [4.78, 5) is 2.06. The summed E-state index contributed by atoms with van der Waals surface area (Å²) in [6.07, 6.45) is 1.15. The Bertz CT molecular complexity index is 1130. The quantitative estimate of drug-likeness (QED) is 0.364. The maximum Gasteiger partial charge on any atom is 0.161 e. The van der Waals surface area contributed by atoms with Crippen molar-refractivity contribution in [2.24, 2.45) is 5.92 Å². The van der Waals surface area contributed by atoms with E-state index in [1.807, 2.05) is 25.2 Å². The van der Waals surface area contributed by atoms with Crippen molar-refractivity contribution in [1.29, 1.82) is 5.26 Å². The SMILES string of the molecule is Cl.[2H]C([2H])([2H])C(C([2H])([2H])[2H])C(C#N)(CCCN(C)CCc1ccc(OC)c(OC)c1)c1ccc(OC)c(OC)c1. The molecule has 6 nitrogen and oxygen atoms in total. The Balaban J connectivity index is 0.00000800. The number of hydrogen-bond donors (Lipinski definition) is 0. The van der Waals surface area contributed by atoms with Gasteiger partial charge in [0.2, 0.25) is 0 Å². The van der Waals surface area contributed by atoms with E-state index in [9.17, 15) is 5.26 Å². The zero-order valence-electron chi connectivity index (χ0n) is 26.5. The number of methoxy groups -OCH3 is 4. The summed E-state index contributed by atoms with van der Waals surface area (Å²) < 4.78 is 70.0. The lowest BCUT2D eigenvalue weighted by Crippen LogP contribution is -2.32. The topological polar surface area (TPSA) is 64.0 Å². The molecule has 7 heteroatoms. The lowest BCUT2D eigenvalue weighted by Gasteiger charge is -2.32. The Hall–Kier alpha value is -2.62. The van der Waals surface area contributed by atoms with E-state index in [4.69, 9.17) is 27.2 Å². The van der Waals surface area contributed by atoms with Gasteiger partial charge in [-0.2, -0.15) is 5.26 Å².